The Balaban J connectivity index is 1.73. The van der Waals surface area contributed by atoms with Gasteiger partial charge in [0, 0.05) is 42.6 Å². The molecule has 4 rings (SSSR count). The summed E-state index contributed by atoms with van der Waals surface area (Å²) in [5.74, 6) is 0. The van der Waals surface area contributed by atoms with E-state index < -0.39 is 0 Å². The topological polar surface area (TPSA) is 41.2 Å². The third-order valence-electron chi connectivity index (χ3n) is 5.01. The Bertz CT molecular complexity index is 957. The molecule has 1 aliphatic heterocycles. The van der Waals surface area contributed by atoms with E-state index in [1.54, 1.807) is 11.3 Å². The molecule has 3 heterocycles. The summed E-state index contributed by atoms with van der Waals surface area (Å²) in [5, 5.41) is 12.2. The summed E-state index contributed by atoms with van der Waals surface area (Å²) < 4.78 is 7.69. The smallest absolute Gasteiger partial charge is 0.110 e. The van der Waals surface area contributed by atoms with Gasteiger partial charge in [0.25, 0.3) is 0 Å². The van der Waals surface area contributed by atoms with E-state index in [-0.39, 0.29) is 0 Å². The van der Waals surface area contributed by atoms with E-state index >= 15 is 0 Å². The molecule has 0 spiro atoms. The van der Waals surface area contributed by atoms with Crippen molar-refractivity contribution in [3.63, 3.8) is 0 Å². The molecule has 0 N–H and O–H groups in total. The van der Waals surface area contributed by atoms with E-state index in [1.165, 1.54) is 27.0 Å². The average molecular weight is 351 g/mol. The van der Waals surface area contributed by atoms with Crippen molar-refractivity contribution in [3.8, 4) is 6.07 Å². The van der Waals surface area contributed by atoms with Crippen LogP contribution in [-0.4, -0.2) is 30.9 Å². The lowest BCUT2D eigenvalue weighted by Crippen LogP contribution is -2.36. The van der Waals surface area contributed by atoms with Crippen molar-refractivity contribution < 1.29 is 4.74 Å². The highest BCUT2D eigenvalue weighted by Crippen LogP contribution is 2.37. The Morgan fingerprint density at radius 2 is 2.00 bits per heavy atom. The van der Waals surface area contributed by atoms with E-state index in [9.17, 15) is 5.26 Å². The number of benzene rings is 1. The molecule has 0 saturated carbocycles. The molecule has 1 fully saturated rings. The van der Waals surface area contributed by atoms with Gasteiger partial charge in [-0.25, -0.2) is 0 Å². The van der Waals surface area contributed by atoms with Gasteiger partial charge in [-0.3, -0.25) is 0 Å². The number of nitriles is 1. The normalized spacial score (nSPS) is 14.8. The molecule has 0 radical (unpaired) electrons. The molecule has 0 unspecified atom stereocenters. The molecule has 1 aromatic carbocycles. The van der Waals surface area contributed by atoms with Gasteiger partial charge in [0.05, 0.1) is 18.8 Å². The number of anilines is 1. The minimum absolute atomic E-state index is 0.736. The van der Waals surface area contributed by atoms with Gasteiger partial charge in [-0.05, 0) is 30.0 Å². The van der Waals surface area contributed by atoms with Gasteiger partial charge in [-0.1, -0.05) is 18.2 Å². The monoisotopic (exact) mass is 351 g/mol. The zero-order chi connectivity index (χ0) is 17.4. The Morgan fingerprint density at radius 3 is 2.72 bits per heavy atom. The Morgan fingerprint density at radius 1 is 1.24 bits per heavy atom. The van der Waals surface area contributed by atoms with Crippen molar-refractivity contribution in [2.24, 2.45) is 7.05 Å². The van der Waals surface area contributed by atoms with Crippen LogP contribution in [-0.2, 0) is 18.2 Å². The number of ether oxygens (including phenoxy) is 1. The molecule has 0 atom stereocenters. The zero-order valence-corrected chi connectivity index (χ0v) is 15.4. The molecule has 0 bridgehead atoms. The molecular formula is C20H21N3OS. The number of hydrogen-bond acceptors (Lipinski definition) is 4. The van der Waals surface area contributed by atoms with Crippen LogP contribution in [0.3, 0.4) is 0 Å². The van der Waals surface area contributed by atoms with Gasteiger partial charge in [0.1, 0.15) is 11.1 Å². The number of hydrogen-bond donors (Lipinski definition) is 0. The number of aromatic nitrogens is 1. The van der Waals surface area contributed by atoms with Crippen LogP contribution in [0, 0.1) is 18.3 Å². The van der Waals surface area contributed by atoms with Crippen molar-refractivity contribution in [2.75, 3.05) is 31.2 Å². The molecule has 0 aliphatic carbocycles. The molecule has 2 aromatic heterocycles. The Labute approximate surface area is 151 Å². The molecule has 0 amide bonds. The fraction of sp³-hybridized carbons (Fsp3) is 0.350. The summed E-state index contributed by atoms with van der Waals surface area (Å²) >= 11 is 1.74. The molecule has 1 saturated heterocycles. The fourth-order valence-corrected chi connectivity index (χ4v) is 4.75. The van der Waals surface area contributed by atoms with Crippen LogP contribution in [0.2, 0.25) is 0 Å². The second-order valence-corrected chi connectivity index (χ2v) is 7.66. The molecule has 25 heavy (non-hydrogen) atoms. The summed E-state index contributed by atoms with van der Waals surface area (Å²) in [6.07, 6.45) is 0.792. The summed E-state index contributed by atoms with van der Waals surface area (Å²) in [7, 11) is 2.11. The number of thiophene rings is 1. The highest BCUT2D eigenvalue weighted by Gasteiger charge is 2.23. The molecule has 128 valence electrons. The van der Waals surface area contributed by atoms with E-state index in [4.69, 9.17) is 4.74 Å². The van der Waals surface area contributed by atoms with Crippen LogP contribution in [0.25, 0.3) is 10.9 Å². The Kier molecular flexibility index (Phi) is 4.24. The highest BCUT2D eigenvalue weighted by atomic mass is 32.1. The maximum atomic E-state index is 9.82. The van der Waals surface area contributed by atoms with Crippen LogP contribution in [0.1, 0.15) is 21.7 Å². The van der Waals surface area contributed by atoms with Crippen molar-refractivity contribution in [1.82, 2.24) is 4.57 Å². The van der Waals surface area contributed by atoms with Gasteiger partial charge >= 0.3 is 0 Å². The molecule has 1 aliphatic rings. The average Bonchev–Trinajstić information content (AvgIpc) is 3.14. The summed E-state index contributed by atoms with van der Waals surface area (Å²) in [6.45, 7) is 5.33. The van der Waals surface area contributed by atoms with Crippen molar-refractivity contribution in [1.29, 1.82) is 5.26 Å². The largest absolute Gasteiger partial charge is 0.378 e. The van der Waals surface area contributed by atoms with Crippen LogP contribution < -0.4 is 4.90 Å². The fourth-order valence-electron chi connectivity index (χ4n) is 3.58. The van der Waals surface area contributed by atoms with E-state index in [0.29, 0.717) is 0 Å². The first-order chi connectivity index (χ1) is 12.2. The van der Waals surface area contributed by atoms with Crippen LogP contribution in [0.5, 0.6) is 0 Å². The number of rotatable bonds is 3. The second-order valence-electron chi connectivity index (χ2n) is 6.46. The van der Waals surface area contributed by atoms with Crippen molar-refractivity contribution in [3.05, 3.63) is 52.0 Å². The molecule has 3 aromatic rings. The molecule has 4 nitrogen and oxygen atoms in total. The van der Waals surface area contributed by atoms with Gasteiger partial charge in [-0.15, -0.1) is 11.3 Å². The lowest BCUT2D eigenvalue weighted by Gasteiger charge is -2.27. The molecule has 5 heteroatoms. The van der Waals surface area contributed by atoms with Crippen molar-refractivity contribution >= 4 is 27.2 Å². The van der Waals surface area contributed by atoms with E-state index in [2.05, 4.69) is 59.8 Å². The lowest BCUT2D eigenvalue weighted by molar-refractivity contribution is 0.123. The standard InChI is InChI=1S/C20H21N3OS/c1-14-17(12-16-11-15-5-3-4-6-19(15)22(16)2)18(13-21)20(25-14)23-7-9-24-10-8-23/h3-6,11H,7-10,12H2,1-2H3. The minimum Gasteiger partial charge on any atom is -0.378 e. The third kappa shape index (κ3) is 2.82. The van der Waals surface area contributed by atoms with Crippen LogP contribution in [0.15, 0.2) is 30.3 Å². The summed E-state index contributed by atoms with van der Waals surface area (Å²) in [4.78, 5) is 3.54. The number of morpholine rings is 1. The van der Waals surface area contributed by atoms with Gasteiger partial charge in [0.15, 0.2) is 0 Å². The number of fused-ring (bicyclic) bond motifs is 1. The second kappa shape index (κ2) is 6.55. The number of nitrogens with zero attached hydrogens (tertiary/aromatic N) is 3. The molecular weight excluding hydrogens is 330 g/mol. The number of aryl methyl sites for hydroxylation is 2. The van der Waals surface area contributed by atoms with Gasteiger partial charge in [-0.2, -0.15) is 5.26 Å². The maximum Gasteiger partial charge on any atom is 0.110 e. The lowest BCUT2D eigenvalue weighted by atomic mass is 10.1. The predicted octanol–water partition coefficient (Wildman–Crippen LogP) is 3.85. The first-order valence-corrected chi connectivity index (χ1v) is 9.39. The quantitative estimate of drug-likeness (QED) is 0.720. The minimum atomic E-state index is 0.736. The third-order valence-corrected chi connectivity index (χ3v) is 6.22. The van der Waals surface area contributed by atoms with E-state index in [1.807, 2.05) is 0 Å². The summed E-state index contributed by atoms with van der Waals surface area (Å²) in [5.41, 5.74) is 4.49. The predicted molar refractivity (Wildman–Crippen MR) is 103 cm³/mol. The van der Waals surface area contributed by atoms with E-state index in [0.717, 1.165) is 43.3 Å². The van der Waals surface area contributed by atoms with Crippen LogP contribution in [0.4, 0.5) is 5.00 Å². The van der Waals surface area contributed by atoms with Crippen molar-refractivity contribution in [2.45, 2.75) is 13.3 Å². The van der Waals surface area contributed by atoms with Crippen LogP contribution >= 0.6 is 11.3 Å². The van der Waals surface area contributed by atoms with Gasteiger partial charge < -0.3 is 14.2 Å². The SMILES string of the molecule is Cc1sc(N2CCOCC2)c(C#N)c1Cc1cc2ccccc2n1C. The summed E-state index contributed by atoms with van der Waals surface area (Å²) in [6, 6.07) is 13.1. The first kappa shape index (κ1) is 16.2. The van der Waals surface area contributed by atoms with Gasteiger partial charge in [0.2, 0.25) is 0 Å². The highest BCUT2D eigenvalue weighted by molar-refractivity contribution is 7.16. The maximum absolute atomic E-state index is 9.82. The first-order valence-electron chi connectivity index (χ1n) is 8.57. The Hall–Kier alpha value is -2.29. The number of para-hydroxylation sites is 1. The zero-order valence-electron chi connectivity index (χ0n) is 14.6.